The van der Waals surface area contributed by atoms with Gasteiger partial charge in [0.15, 0.2) is 0 Å². The molecule has 1 aliphatic heterocycles. The molecule has 2 aromatic rings. The van der Waals surface area contributed by atoms with Crippen molar-refractivity contribution in [3.8, 4) is 0 Å². The van der Waals surface area contributed by atoms with Crippen LogP contribution in [-0.2, 0) is 17.7 Å². The summed E-state index contributed by atoms with van der Waals surface area (Å²) in [6.45, 7) is 9.15. The van der Waals surface area contributed by atoms with Crippen molar-refractivity contribution in [2.24, 2.45) is 0 Å². The third-order valence-corrected chi connectivity index (χ3v) is 5.76. The molecule has 1 unspecified atom stereocenters. The van der Waals surface area contributed by atoms with Crippen LogP contribution in [0.1, 0.15) is 66.0 Å². The Hall–Kier alpha value is -2.48. The van der Waals surface area contributed by atoms with Crippen LogP contribution in [-0.4, -0.2) is 45.8 Å². The van der Waals surface area contributed by atoms with Crippen LogP contribution in [0.4, 0.5) is 4.79 Å². The van der Waals surface area contributed by atoms with E-state index in [0.29, 0.717) is 25.2 Å². The molecule has 0 spiro atoms. The lowest BCUT2D eigenvalue weighted by Crippen LogP contribution is -2.35. The molecule has 2 amide bonds. The van der Waals surface area contributed by atoms with Crippen molar-refractivity contribution in [1.82, 2.24) is 20.4 Å². The first-order valence-electron chi connectivity index (χ1n) is 9.93. The van der Waals surface area contributed by atoms with E-state index >= 15 is 0 Å². The summed E-state index contributed by atoms with van der Waals surface area (Å²) >= 11 is 1.51. The van der Waals surface area contributed by atoms with E-state index in [2.05, 4.69) is 15.5 Å². The van der Waals surface area contributed by atoms with E-state index in [1.807, 2.05) is 52.0 Å². The molecule has 8 heteroatoms. The van der Waals surface area contributed by atoms with E-state index in [0.717, 1.165) is 28.4 Å². The number of hydrogen-bond donors (Lipinski definition) is 1. The van der Waals surface area contributed by atoms with Gasteiger partial charge in [0.2, 0.25) is 0 Å². The Labute approximate surface area is 175 Å². The lowest BCUT2D eigenvalue weighted by molar-refractivity contribution is 0.0292. The topological polar surface area (TPSA) is 84.4 Å². The highest BCUT2D eigenvalue weighted by Crippen LogP contribution is 2.30. The largest absolute Gasteiger partial charge is 0.444 e. The molecule has 0 saturated carbocycles. The number of aryl methyl sites for hydroxylation is 1. The number of ether oxygens (including phenoxy) is 1. The first-order valence-corrected chi connectivity index (χ1v) is 10.7. The summed E-state index contributed by atoms with van der Waals surface area (Å²) < 4.78 is 5.48. The van der Waals surface area contributed by atoms with Gasteiger partial charge >= 0.3 is 6.09 Å². The predicted molar refractivity (Wildman–Crippen MR) is 112 cm³/mol. The molecular weight excluding hydrogens is 388 g/mol. The average Bonchev–Trinajstić information content (AvgIpc) is 3.34. The van der Waals surface area contributed by atoms with Gasteiger partial charge < -0.3 is 15.0 Å². The van der Waals surface area contributed by atoms with E-state index in [4.69, 9.17) is 4.74 Å². The van der Waals surface area contributed by atoms with Gasteiger partial charge in [-0.15, -0.1) is 10.2 Å². The van der Waals surface area contributed by atoms with Crippen molar-refractivity contribution in [2.75, 3.05) is 13.1 Å². The number of carbonyl (C=O) groups excluding carboxylic acids is 2. The molecule has 1 atom stereocenters. The zero-order valence-electron chi connectivity index (χ0n) is 17.4. The Morgan fingerprint density at radius 1 is 1.24 bits per heavy atom. The second kappa shape index (κ2) is 8.90. The number of likely N-dealkylation sites (tertiary alicyclic amines) is 1. The van der Waals surface area contributed by atoms with Crippen LogP contribution in [0.2, 0.25) is 0 Å². The van der Waals surface area contributed by atoms with Gasteiger partial charge in [-0.25, -0.2) is 4.79 Å². The number of rotatable bonds is 5. The lowest BCUT2D eigenvalue weighted by Gasteiger charge is -2.24. The molecule has 1 aromatic heterocycles. The van der Waals surface area contributed by atoms with E-state index in [9.17, 15) is 9.59 Å². The predicted octanol–water partition coefficient (Wildman–Crippen LogP) is 3.75. The van der Waals surface area contributed by atoms with E-state index in [1.54, 1.807) is 4.90 Å². The second-order valence-electron chi connectivity index (χ2n) is 8.12. The summed E-state index contributed by atoms with van der Waals surface area (Å²) in [5, 5.41) is 12.9. The van der Waals surface area contributed by atoms with E-state index < -0.39 is 5.60 Å². The Kier molecular flexibility index (Phi) is 6.52. The van der Waals surface area contributed by atoms with Crippen LogP contribution < -0.4 is 5.32 Å². The first kappa shape index (κ1) is 21.2. The van der Waals surface area contributed by atoms with Gasteiger partial charge in [0.25, 0.3) is 5.91 Å². The minimum Gasteiger partial charge on any atom is -0.444 e. The Morgan fingerprint density at radius 3 is 2.66 bits per heavy atom. The summed E-state index contributed by atoms with van der Waals surface area (Å²) in [7, 11) is 0. The van der Waals surface area contributed by atoms with Crippen LogP contribution in [0.5, 0.6) is 0 Å². The zero-order chi connectivity index (χ0) is 21.0. The highest BCUT2D eigenvalue weighted by molar-refractivity contribution is 7.11. The van der Waals surface area contributed by atoms with Crippen molar-refractivity contribution < 1.29 is 14.3 Å². The molecule has 1 aliphatic rings. The summed E-state index contributed by atoms with van der Waals surface area (Å²) in [6, 6.07) is 7.59. The second-order valence-corrected chi connectivity index (χ2v) is 9.27. The number of benzene rings is 1. The Balaban J connectivity index is 1.65. The van der Waals surface area contributed by atoms with Crippen LogP contribution >= 0.6 is 11.3 Å². The fourth-order valence-electron chi connectivity index (χ4n) is 3.32. The lowest BCUT2D eigenvalue weighted by atomic mass is 9.93. The number of hydrogen-bond acceptors (Lipinski definition) is 6. The van der Waals surface area contributed by atoms with Crippen LogP contribution in [0.3, 0.4) is 0 Å². The number of nitrogens with one attached hydrogen (secondary N) is 1. The molecule has 156 valence electrons. The maximum absolute atomic E-state index is 12.8. The molecule has 1 fully saturated rings. The SMILES string of the molecule is CCc1nnc(CNC(=O)c2ccccc2C2CCN(C(=O)OC(C)(C)C)C2)s1. The van der Waals surface area contributed by atoms with Crippen LogP contribution in [0.15, 0.2) is 24.3 Å². The third-order valence-electron chi connectivity index (χ3n) is 4.70. The Morgan fingerprint density at radius 2 is 1.97 bits per heavy atom. The average molecular weight is 417 g/mol. The zero-order valence-corrected chi connectivity index (χ0v) is 18.2. The molecule has 1 N–H and O–H groups in total. The van der Waals surface area contributed by atoms with Gasteiger partial charge in [-0.05, 0) is 45.2 Å². The van der Waals surface area contributed by atoms with Crippen molar-refractivity contribution in [3.05, 3.63) is 45.4 Å². The van der Waals surface area contributed by atoms with Crippen molar-refractivity contribution in [2.45, 2.75) is 58.6 Å². The standard InChI is InChI=1S/C21H28N4O3S/c1-5-17-23-24-18(29-17)12-22-19(26)16-9-7-6-8-15(16)14-10-11-25(13-14)20(27)28-21(2,3)4/h6-9,14H,5,10-13H2,1-4H3,(H,22,26). The maximum atomic E-state index is 12.8. The van der Waals surface area contributed by atoms with Gasteiger partial charge in [0.05, 0.1) is 6.54 Å². The molecule has 3 rings (SSSR count). The minimum absolute atomic E-state index is 0.109. The van der Waals surface area contributed by atoms with Crippen molar-refractivity contribution in [3.63, 3.8) is 0 Å². The molecule has 1 aromatic carbocycles. The number of carbonyl (C=O) groups is 2. The summed E-state index contributed by atoms with van der Waals surface area (Å²) in [6.07, 6.45) is 1.34. The molecule has 29 heavy (non-hydrogen) atoms. The molecule has 7 nitrogen and oxygen atoms in total. The van der Waals surface area contributed by atoms with Gasteiger partial charge in [-0.3, -0.25) is 4.79 Å². The summed E-state index contributed by atoms with van der Waals surface area (Å²) in [5.41, 5.74) is 1.08. The third kappa shape index (κ3) is 5.53. The van der Waals surface area contributed by atoms with Gasteiger partial charge in [0, 0.05) is 24.6 Å². The first-order chi connectivity index (χ1) is 13.8. The quantitative estimate of drug-likeness (QED) is 0.802. The summed E-state index contributed by atoms with van der Waals surface area (Å²) in [4.78, 5) is 26.9. The molecular formula is C21H28N4O3S. The molecule has 2 heterocycles. The fraction of sp³-hybridized carbons (Fsp3) is 0.524. The van der Waals surface area contributed by atoms with Crippen molar-refractivity contribution in [1.29, 1.82) is 0 Å². The van der Waals surface area contributed by atoms with Crippen LogP contribution in [0, 0.1) is 0 Å². The van der Waals surface area contributed by atoms with Gasteiger partial charge in [-0.2, -0.15) is 0 Å². The fourth-order valence-corrected chi connectivity index (χ4v) is 4.04. The molecule has 0 radical (unpaired) electrons. The van der Waals surface area contributed by atoms with E-state index in [-0.39, 0.29) is 17.9 Å². The minimum atomic E-state index is -0.519. The smallest absolute Gasteiger partial charge is 0.410 e. The van der Waals surface area contributed by atoms with E-state index in [1.165, 1.54) is 11.3 Å². The monoisotopic (exact) mass is 416 g/mol. The highest BCUT2D eigenvalue weighted by Gasteiger charge is 2.32. The van der Waals surface area contributed by atoms with Gasteiger partial charge in [0.1, 0.15) is 15.6 Å². The molecule has 1 saturated heterocycles. The summed E-state index contributed by atoms with van der Waals surface area (Å²) in [5.74, 6) is -0.0257. The Bertz CT molecular complexity index is 875. The number of amides is 2. The maximum Gasteiger partial charge on any atom is 0.410 e. The molecule has 0 bridgehead atoms. The molecule has 0 aliphatic carbocycles. The number of aromatic nitrogens is 2. The van der Waals surface area contributed by atoms with Crippen molar-refractivity contribution >= 4 is 23.3 Å². The van der Waals surface area contributed by atoms with Crippen LogP contribution in [0.25, 0.3) is 0 Å². The highest BCUT2D eigenvalue weighted by atomic mass is 32.1. The normalized spacial score (nSPS) is 16.7. The van der Waals surface area contributed by atoms with Gasteiger partial charge in [-0.1, -0.05) is 36.5 Å². The number of nitrogens with zero attached hydrogens (tertiary/aromatic N) is 3.